The first-order valence-corrected chi connectivity index (χ1v) is 8.86. The van der Waals surface area contributed by atoms with Crippen LogP contribution in [0.15, 0.2) is 4.99 Å². The summed E-state index contributed by atoms with van der Waals surface area (Å²) in [6, 6.07) is 0. The van der Waals surface area contributed by atoms with Crippen molar-refractivity contribution in [3.63, 3.8) is 0 Å². The molecule has 1 saturated carbocycles. The van der Waals surface area contributed by atoms with Crippen molar-refractivity contribution in [3.8, 4) is 0 Å². The Morgan fingerprint density at radius 1 is 1.13 bits per heavy atom. The van der Waals surface area contributed by atoms with E-state index >= 15 is 0 Å². The Kier molecular flexibility index (Phi) is 9.77. The van der Waals surface area contributed by atoms with Crippen LogP contribution >= 0.6 is 24.0 Å². The molecule has 0 atom stereocenters. The van der Waals surface area contributed by atoms with E-state index in [1.54, 1.807) is 0 Å². The van der Waals surface area contributed by atoms with Gasteiger partial charge in [0.25, 0.3) is 0 Å². The lowest BCUT2D eigenvalue weighted by atomic mass is 9.88. The van der Waals surface area contributed by atoms with Gasteiger partial charge in [-0.25, -0.2) is 0 Å². The molecule has 5 nitrogen and oxygen atoms in total. The molecule has 6 heteroatoms. The summed E-state index contributed by atoms with van der Waals surface area (Å²) in [6.07, 6.45) is 9.08. The molecule has 1 heterocycles. The smallest absolute Gasteiger partial charge is 0.191 e. The van der Waals surface area contributed by atoms with Gasteiger partial charge in [-0.3, -0.25) is 4.99 Å². The molecule has 1 aliphatic heterocycles. The normalized spacial score (nSPS) is 22.5. The van der Waals surface area contributed by atoms with E-state index in [-0.39, 0.29) is 29.5 Å². The number of nitrogens with one attached hydrogen (secondary N) is 2. The van der Waals surface area contributed by atoms with Gasteiger partial charge in [-0.05, 0) is 45.7 Å². The van der Waals surface area contributed by atoms with E-state index in [2.05, 4.69) is 34.6 Å². The summed E-state index contributed by atoms with van der Waals surface area (Å²) in [4.78, 5) is 6.74. The highest BCUT2D eigenvalue weighted by Crippen LogP contribution is 2.25. The first-order chi connectivity index (χ1) is 10.7. The fourth-order valence-corrected chi connectivity index (χ4v) is 3.63. The van der Waals surface area contributed by atoms with Crippen molar-refractivity contribution in [1.82, 2.24) is 15.5 Å². The average Bonchev–Trinajstić information content (AvgIpc) is 2.56. The Morgan fingerprint density at radius 2 is 1.78 bits per heavy atom. The summed E-state index contributed by atoms with van der Waals surface area (Å²) >= 11 is 0. The molecule has 0 unspecified atom stereocenters. The first-order valence-electron chi connectivity index (χ1n) is 8.86. The van der Waals surface area contributed by atoms with Gasteiger partial charge in [-0.15, -0.1) is 24.0 Å². The molecule has 0 aromatic rings. The topological polar surface area (TPSA) is 48.9 Å². The number of likely N-dealkylation sites (N-methyl/N-ethyl adjacent to an activating group) is 1. The molecule has 2 aliphatic rings. The molecule has 1 aliphatic carbocycles. The molecule has 2 N–H and O–H groups in total. The number of rotatable bonds is 5. The Balaban J connectivity index is 0.00000264. The van der Waals surface area contributed by atoms with Gasteiger partial charge < -0.3 is 20.3 Å². The number of ether oxygens (including phenoxy) is 1. The summed E-state index contributed by atoms with van der Waals surface area (Å²) in [7, 11) is 6.21. The van der Waals surface area contributed by atoms with Crippen molar-refractivity contribution < 1.29 is 4.74 Å². The van der Waals surface area contributed by atoms with Gasteiger partial charge in [-0.1, -0.05) is 19.3 Å². The van der Waals surface area contributed by atoms with E-state index < -0.39 is 0 Å². The number of hydrogen-bond acceptors (Lipinski definition) is 3. The van der Waals surface area contributed by atoms with Gasteiger partial charge in [0, 0.05) is 38.9 Å². The first kappa shape index (κ1) is 21.0. The molecule has 1 saturated heterocycles. The van der Waals surface area contributed by atoms with E-state index in [0.717, 1.165) is 51.0 Å². The zero-order valence-electron chi connectivity index (χ0n) is 15.1. The Labute approximate surface area is 159 Å². The Morgan fingerprint density at radius 3 is 2.35 bits per heavy atom. The van der Waals surface area contributed by atoms with E-state index in [1.165, 1.54) is 32.1 Å². The third-order valence-electron chi connectivity index (χ3n) is 5.46. The van der Waals surface area contributed by atoms with Crippen molar-refractivity contribution in [1.29, 1.82) is 0 Å². The van der Waals surface area contributed by atoms with Gasteiger partial charge in [-0.2, -0.15) is 0 Å². The maximum Gasteiger partial charge on any atom is 0.191 e. The van der Waals surface area contributed by atoms with E-state index in [4.69, 9.17) is 4.74 Å². The van der Waals surface area contributed by atoms with Gasteiger partial charge in [0.1, 0.15) is 0 Å². The zero-order chi connectivity index (χ0) is 15.8. The molecule has 0 bridgehead atoms. The molecule has 0 aromatic carbocycles. The van der Waals surface area contributed by atoms with Crippen LogP contribution in [0.3, 0.4) is 0 Å². The predicted octanol–water partition coefficient (Wildman–Crippen LogP) is 2.46. The minimum atomic E-state index is 0. The molecule has 2 fully saturated rings. The quantitative estimate of drug-likeness (QED) is 0.394. The zero-order valence-corrected chi connectivity index (χ0v) is 17.4. The van der Waals surface area contributed by atoms with E-state index in [9.17, 15) is 0 Å². The van der Waals surface area contributed by atoms with Crippen molar-refractivity contribution in [2.24, 2.45) is 10.9 Å². The van der Waals surface area contributed by atoms with Crippen LogP contribution in [0.4, 0.5) is 0 Å². The maximum absolute atomic E-state index is 5.53. The van der Waals surface area contributed by atoms with Crippen molar-refractivity contribution in [3.05, 3.63) is 0 Å². The average molecular weight is 438 g/mol. The molecular formula is C17H35IN4O. The lowest BCUT2D eigenvalue weighted by molar-refractivity contribution is -0.00501. The molecule has 0 aromatic heterocycles. The summed E-state index contributed by atoms with van der Waals surface area (Å²) in [6.45, 7) is 3.69. The van der Waals surface area contributed by atoms with E-state index in [0.29, 0.717) is 0 Å². The number of hydrogen-bond donors (Lipinski definition) is 2. The molecule has 0 spiro atoms. The third-order valence-corrected chi connectivity index (χ3v) is 5.46. The van der Waals surface area contributed by atoms with Crippen LogP contribution in [-0.2, 0) is 4.74 Å². The summed E-state index contributed by atoms with van der Waals surface area (Å²) in [5.74, 6) is 1.76. The van der Waals surface area contributed by atoms with Gasteiger partial charge in [0.05, 0.1) is 0 Å². The summed E-state index contributed by atoms with van der Waals surface area (Å²) < 4.78 is 5.53. The van der Waals surface area contributed by atoms with Crippen molar-refractivity contribution >= 4 is 29.9 Å². The van der Waals surface area contributed by atoms with Crippen LogP contribution in [0.25, 0.3) is 0 Å². The highest BCUT2D eigenvalue weighted by Gasteiger charge is 2.34. The number of nitrogens with zero attached hydrogens (tertiary/aromatic N) is 2. The molecule has 136 valence electrons. The van der Waals surface area contributed by atoms with Crippen LogP contribution in [0.5, 0.6) is 0 Å². The SMILES string of the molecule is CN=C(NCC1CCCCC1)NCC1(N(C)C)CCOCC1.I. The van der Waals surface area contributed by atoms with Crippen LogP contribution in [0.2, 0.25) is 0 Å². The highest BCUT2D eigenvalue weighted by atomic mass is 127. The Bertz CT molecular complexity index is 351. The second kappa shape index (κ2) is 10.7. The van der Waals surface area contributed by atoms with Crippen molar-refractivity contribution in [2.75, 3.05) is 47.4 Å². The number of aliphatic imine (C=N–C) groups is 1. The summed E-state index contributed by atoms with van der Waals surface area (Å²) in [5, 5.41) is 7.07. The van der Waals surface area contributed by atoms with Crippen LogP contribution in [-0.4, -0.2) is 63.8 Å². The minimum absolute atomic E-state index is 0. The molecule has 0 radical (unpaired) electrons. The summed E-state index contributed by atoms with van der Waals surface area (Å²) in [5.41, 5.74) is 0.181. The fraction of sp³-hybridized carbons (Fsp3) is 0.941. The second-order valence-electron chi connectivity index (χ2n) is 7.04. The predicted molar refractivity (Wildman–Crippen MR) is 108 cm³/mol. The van der Waals surface area contributed by atoms with E-state index in [1.807, 2.05) is 7.05 Å². The second-order valence-corrected chi connectivity index (χ2v) is 7.04. The maximum atomic E-state index is 5.53. The standard InChI is InChI=1S/C17H34N4O.HI/c1-18-16(19-13-15-7-5-4-6-8-15)20-14-17(21(2)3)9-11-22-12-10-17;/h15H,4-14H2,1-3H3,(H2,18,19,20);1H. The van der Waals surface area contributed by atoms with Crippen molar-refractivity contribution in [2.45, 2.75) is 50.5 Å². The monoisotopic (exact) mass is 438 g/mol. The van der Waals surface area contributed by atoms with Gasteiger partial charge in [0.2, 0.25) is 0 Å². The molecular weight excluding hydrogens is 403 g/mol. The lowest BCUT2D eigenvalue weighted by Crippen LogP contribution is -2.57. The van der Waals surface area contributed by atoms with Crippen LogP contribution < -0.4 is 10.6 Å². The van der Waals surface area contributed by atoms with Gasteiger partial charge >= 0.3 is 0 Å². The molecule has 2 rings (SSSR count). The fourth-order valence-electron chi connectivity index (χ4n) is 3.63. The van der Waals surface area contributed by atoms with Crippen LogP contribution in [0, 0.1) is 5.92 Å². The van der Waals surface area contributed by atoms with Gasteiger partial charge in [0.15, 0.2) is 5.96 Å². The number of guanidine groups is 1. The van der Waals surface area contributed by atoms with Crippen LogP contribution in [0.1, 0.15) is 44.9 Å². The molecule has 23 heavy (non-hydrogen) atoms. The number of halogens is 1. The Hall–Kier alpha value is -0.0800. The lowest BCUT2D eigenvalue weighted by Gasteiger charge is -2.43. The third kappa shape index (κ3) is 6.38. The largest absolute Gasteiger partial charge is 0.381 e. The molecule has 0 amide bonds. The highest BCUT2D eigenvalue weighted by molar-refractivity contribution is 14.0. The minimum Gasteiger partial charge on any atom is -0.381 e.